The molecule has 0 saturated heterocycles. The fraction of sp³-hybridized carbons (Fsp3) is 0.190. The van der Waals surface area contributed by atoms with Gasteiger partial charge >= 0.3 is 5.97 Å². The number of hydrogen-bond donors (Lipinski definition) is 2. The van der Waals surface area contributed by atoms with Crippen molar-refractivity contribution < 1.29 is 14.7 Å². The lowest BCUT2D eigenvalue weighted by molar-refractivity contribution is -0.137. The third-order valence-corrected chi connectivity index (χ3v) is 4.44. The summed E-state index contributed by atoms with van der Waals surface area (Å²) < 4.78 is 0. The maximum atomic E-state index is 12.4. The Morgan fingerprint density at radius 2 is 1.81 bits per heavy atom. The van der Waals surface area contributed by atoms with Gasteiger partial charge in [-0.15, -0.1) is 0 Å². The molecule has 0 aliphatic carbocycles. The van der Waals surface area contributed by atoms with Crippen molar-refractivity contribution in [2.45, 2.75) is 13.3 Å². The predicted molar refractivity (Wildman–Crippen MR) is 102 cm³/mol. The molecule has 0 unspecified atom stereocenters. The van der Waals surface area contributed by atoms with Crippen LogP contribution in [0.4, 0.5) is 0 Å². The first-order chi connectivity index (χ1) is 12.4. The second-order valence-electron chi connectivity index (χ2n) is 6.37. The van der Waals surface area contributed by atoms with Gasteiger partial charge in [-0.25, -0.2) is 0 Å². The minimum Gasteiger partial charge on any atom is -0.480 e. The summed E-state index contributed by atoms with van der Waals surface area (Å²) in [5.41, 5.74) is 5.01. The van der Waals surface area contributed by atoms with Crippen LogP contribution in [-0.2, 0) is 11.2 Å². The number of fused-ring (bicyclic) bond motifs is 1. The molecule has 5 nitrogen and oxygen atoms in total. The molecule has 1 aliphatic rings. The number of carboxylic acid groups (broad SMARTS) is 1. The molecule has 2 N–H and O–H groups in total. The van der Waals surface area contributed by atoms with Gasteiger partial charge in [0.25, 0.3) is 5.91 Å². The van der Waals surface area contributed by atoms with E-state index in [9.17, 15) is 9.59 Å². The lowest BCUT2D eigenvalue weighted by Crippen LogP contribution is -2.40. The summed E-state index contributed by atoms with van der Waals surface area (Å²) in [5, 5.41) is 16.5. The van der Waals surface area contributed by atoms with Gasteiger partial charge in [-0.2, -0.15) is 0 Å². The number of aliphatic carboxylic acids is 1. The third-order valence-electron chi connectivity index (χ3n) is 4.44. The number of nitrogens with one attached hydrogen (secondary N) is 1. The van der Waals surface area contributed by atoms with Crippen LogP contribution in [0.5, 0.6) is 0 Å². The van der Waals surface area contributed by atoms with E-state index < -0.39 is 5.97 Å². The van der Waals surface area contributed by atoms with Gasteiger partial charge in [0.1, 0.15) is 6.54 Å². The number of carbonyl (C=O) groups is 2. The standard InChI is InChI=1S/C21H20N2O3/c1-14(22)17-7-4-15(5-8-17)2-3-16-6-9-19-18(12-16)10-11-23(21(19)26)13-20(24)25/h2-9,12,22H,10-11,13H2,1H3,(H,24,25)/b3-2+,22-14?. The molecule has 0 saturated carbocycles. The highest BCUT2D eigenvalue weighted by atomic mass is 16.4. The topological polar surface area (TPSA) is 81.5 Å². The molecule has 2 aromatic carbocycles. The second-order valence-corrected chi connectivity index (χ2v) is 6.37. The van der Waals surface area contributed by atoms with Crippen LogP contribution >= 0.6 is 0 Å². The molecular formula is C21H20N2O3. The highest BCUT2D eigenvalue weighted by Crippen LogP contribution is 2.21. The molecule has 0 fully saturated rings. The van der Waals surface area contributed by atoms with E-state index in [-0.39, 0.29) is 12.5 Å². The molecule has 0 atom stereocenters. The molecule has 0 spiro atoms. The average molecular weight is 348 g/mol. The number of carboxylic acids is 1. The van der Waals surface area contributed by atoms with Crippen LogP contribution < -0.4 is 0 Å². The molecule has 2 aromatic rings. The summed E-state index contributed by atoms with van der Waals surface area (Å²) in [7, 11) is 0. The first-order valence-electron chi connectivity index (χ1n) is 8.42. The number of rotatable bonds is 5. The Kier molecular flexibility index (Phi) is 4.98. The SMILES string of the molecule is CC(=N)c1ccc(/C=C/c2ccc3c(c2)CCN(CC(=O)O)C3=O)cc1. The lowest BCUT2D eigenvalue weighted by atomic mass is 9.96. The Morgan fingerprint density at radius 1 is 1.15 bits per heavy atom. The average Bonchev–Trinajstić information content (AvgIpc) is 2.62. The normalized spacial score (nSPS) is 13.7. The maximum Gasteiger partial charge on any atom is 0.323 e. The molecule has 1 heterocycles. The van der Waals surface area contributed by atoms with Crippen LogP contribution in [-0.4, -0.2) is 40.7 Å². The van der Waals surface area contributed by atoms with Crippen molar-refractivity contribution >= 4 is 29.7 Å². The second kappa shape index (κ2) is 7.35. The highest BCUT2D eigenvalue weighted by Gasteiger charge is 2.25. The lowest BCUT2D eigenvalue weighted by Gasteiger charge is -2.27. The number of benzene rings is 2. The Bertz CT molecular complexity index is 898. The zero-order valence-corrected chi connectivity index (χ0v) is 14.5. The van der Waals surface area contributed by atoms with Crippen LogP contribution in [0.15, 0.2) is 42.5 Å². The van der Waals surface area contributed by atoms with E-state index in [2.05, 4.69) is 0 Å². The molecule has 5 heteroatoms. The van der Waals surface area contributed by atoms with Crippen molar-refractivity contribution in [3.8, 4) is 0 Å². The summed E-state index contributed by atoms with van der Waals surface area (Å²) in [6, 6.07) is 13.4. The van der Waals surface area contributed by atoms with Crippen molar-refractivity contribution in [2.24, 2.45) is 0 Å². The smallest absolute Gasteiger partial charge is 0.323 e. The van der Waals surface area contributed by atoms with Gasteiger partial charge in [-0.1, -0.05) is 48.6 Å². The van der Waals surface area contributed by atoms with Gasteiger partial charge in [0, 0.05) is 17.8 Å². The van der Waals surface area contributed by atoms with E-state index in [4.69, 9.17) is 10.5 Å². The molecule has 3 rings (SSSR count). The number of hydrogen-bond acceptors (Lipinski definition) is 3. The zero-order chi connectivity index (χ0) is 18.7. The van der Waals surface area contributed by atoms with Gasteiger partial charge < -0.3 is 15.4 Å². The van der Waals surface area contributed by atoms with E-state index in [1.165, 1.54) is 4.90 Å². The van der Waals surface area contributed by atoms with Crippen molar-refractivity contribution in [1.29, 1.82) is 5.41 Å². The van der Waals surface area contributed by atoms with Crippen molar-refractivity contribution in [3.05, 3.63) is 70.3 Å². The first kappa shape index (κ1) is 17.6. The van der Waals surface area contributed by atoms with Crippen molar-refractivity contribution in [1.82, 2.24) is 4.90 Å². The molecule has 0 radical (unpaired) electrons. The van der Waals surface area contributed by atoms with Crippen LogP contribution in [0.3, 0.4) is 0 Å². The largest absolute Gasteiger partial charge is 0.480 e. The number of amides is 1. The van der Waals surface area contributed by atoms with E-state index >= 15 is 0 Å². The first-order valence-corrected chi connectivity index (χ1v) is 8.42. The minimum absolute atomic E-state index is 0.221. The molecule has 0 bridgehead atoms. The summed E-state index contributed by atoms with van der Waals surface area (Å²) in [6.45, 7) is 1.93. The molecule has 132 valence electrons. The molecule has 26 heavy (non-hydrogen) atoms. The van der Waals surface area contributed by atoms with Crippen molar-refractivity contribution in [3.63, 3.8) is 0 Å². The number of carbonyl (C=O) groups excluding carboxylic acids is 1. The van der Waals surface area contributed by atoms with Crippen LogP contribution in [0.1, 0.15) is 39.5 Å². The highest BCUT2D eigenvalue weighted by molar-refractivity contribution is 5.98. The fourth-order valence-corrected chi connectivity index (χ4v) is 3.01. The van der Waals surface area contributed by atoms with Crippen LogP contribution in [0.2, 0.25) is 0 Å². The molecule has 0 aromatic heterocycles. The molecular weight excluding hydrogens is 328 g/mol. The summed E-state index contributed by atoms with van der Waals surface area (Å²) in [6.07, 6.45) is 4.64. The number of nitrogens with zero attached hydrogens (tertiary/aromatic N) is 1. The monoisotopic (exact) mass is 348 g/mol. The Morgan fingerprint density at radius 3 is 2.46 bits per heavy atom. The van der Waals surface area contributed by atoms with Crippen LogP contribution in [0.25, 0.3) is 12.2 Å². The Balaban J connectivity index is 1.76. The van der Waals surface area contributed by atoms with Gasteiger partial charge in [0.05, 0.1) is 0 Å². The summed E-state index contributed by atoms with van der Waals surface area (Å²) in [5.74, 6) is -1.22. The predicted octanol–water partition coefficient (Wildman–Crippen LogP) is 3.33. The third kappa shape index (κ3) is 3.88. The van der Waals surface area contributed by atoms with E-state index in [0.29, 0.717) is 24.2 Å². The summed E-state index contributed by atoms with van der Waals surface area (Å²) >= 11 is 0. The maximum absolute atomic E-state index is 12.4. The van der Waals surface area contributed by atoms with E-state index in [1.54, 1.807) is 13.0 Å². The van der Waals surface area contributed by atoms with Gasteiger partial charge in [-0.05, 0) is 41.7 Å². The van der Waals surface area contributed by atoms with Crippen LogP contribution in [0, 0.1) is 5.41 Å². The molecule has 1 amide bonds. The van der Waals surface area contributed by atoms with Gasteiger partial charge in [0.2, 0.25) is 0 Å². The van der Waals surface area contributed by atoms with E-state index in [0.717, 1.165) is 22.3 Å². The van der Waals surface area contributed by atoms with Crippen molar-refractivity contribution in [2.75, 3.05) is 13.1 Å². The van der Waals surface area contributed by atoms with E-state index in [1.807, 2.05) is 48.6 Å². The fourth-order valence-electron chi connectivity index (χ4n) is 3.01. The zero-order valence-electron chi connectivity index (χ0n) is 14.5. The van der Waals surface area contributed by atoms with Gasteiger partial charge in [-0.3, -0.25) is 9.59 Å². The summed E-state index contributed by atoms with van der Waals surface area (Å²) in [4.78, 5) is 24.6. The minimum atomic E-state index is -0.995. The Hall–Kier alpha value is -3.21. The molecule has 1 aliphatic heterocycles. The van der Waals surface area contributed by atoms with Gasteiger partial charge in [0.15, 0.2) is 0 Å². The Labute approximate surface area is 152 Å². The quantitative estimate of drug-likeness (QED) is 0.642.